The minimum absolute atomic E-state index is 0.0346. The Bertz CT molecular complexity index is 1020. The van der Waals surface area contributed by atoms with E-state index in [9.17, 15) is 14.9 Å². The Morgan fingerprint density at radius 2 is 2.03 bits per heavy atom. The molecular weight excluding hydrogens is 420 g/mol. The van der Waals surface area contributed by atoms with E-state index in [4.69, 9.17) is 0 Å². The summed E-state index contributed by atoms with van der Waals surface area (Å²) < 4.78 is 0. The molecule has 0 spiro atoms. The lowest BCUT2D eigenvalue weighted by Crippen LogP contribution is -2.40. The van der Waals surface area contributed by atoms with Gasteiger partial charge in [-0.15, -0.1) is 11.3 Å². The molecule has 7 nitrogen and oxygen atoms in total. The number of carbonyl (C=O) groups is 1. The summed E-state index contributed by atoms with van der Waals surface area (Å²) in [4.78, 5) is 35.1. The van der Waals surface area contributed by atoms with Gasteiger partial charge in [-0.2, -0.15) is 4.99 Å². The Labute approximate surface area is 182 Å². The molecular formula is C21H20N4O3S2. The normalized spacial score (nSPS) is 20.7. The zero-order valence-electron chi connectivity index (χ0n) is 16.1. The number of benzene rings is 1. The molecule has 4 rings (SSSR count). The van der Waals surface area contributed by atoms with Crippen LogP contribution in [0.3, 0.4) is 0 Å². The van der Waals surface area contributed by atoms with E-state index in [1.165, 1.54) is 35.6 Å². The van der Waals surface area contributed by atoms with Crippen LogP contribution in [0.25, 0.3) is 6.08 Å². The molecule has 1 aromatic carbocycles. The highest BCUT2D eigenvalue weighted by Gasteiger charge is 2.38. The van der Waals surface area contributed by atoms with Crippen molar-refractivity contribution in [1.29, 1.82) is 0 Å². The third-order valence-electron chi connectivity index (χ3n) is 5.04. The number of thioether (sulfide) groups is 1. The lowest BCUT2D eigenvalue weighted by molar-refractivity contribution is -0.385. The number of amidine groups is 1. The Hall–Kier alpha value is -2.78. The maximum atomic E-state index is 13.2. The van der Waals surface area contributed by atoms with E-state index in [1.807, 2.05) is 10.3 Å². The molecule has 1 saturated carbocycles. The number of nitro benzene ring substituents is 1. The number of thiazole rings is 1. The number of allylic oxidation sites excluding steroid dienone is 2. The third kappa shape index (κ3) is 4.52. The van der Waals surface area contributed by atoms with E-state index in [2.05, 4.69) is 9.98 Å². The van der Waals surface area contributed by atoms with Crippen molar-refractivity contribution in [3.05, 3.63) is 68.6 Å². The van der Waals surface area contributed by atoms with Gasteiger partial charge in [-0.05, 0) is 42.8 Å². The number of rotatable bonds is 5. The summed E-state index contributed by atoms with van der Waals surface area (Å²) in [7, 11) is 0. The van der Waals surface area contributed by atoms with Crippen molar-refractivity contribution in [3.63, 3.8) is 0 Å². The van der Waals surface area contributed by atoms with Crippen molar-refractivity contribution < 1.29 is 9.72 Å². The molecule has 1 aliphatic carbocycles. The van der Waals surface area contributed by atoms with Gasteiger partial charge < -0.3 is 0 Å². The topological polar surface area (TPSA) is 88.7 Å². The summed E-state index contributed by atoms with van der Waals surface area (Å²) in [6, 6.07) is 6.68. The van der Waals surface area contributed by atoms with Gasteiger partial charge in [-0.1, -0.05) is 37.5 Å². The summed E-state index contributed by atoms with van der Waals surface area (Å²) >= 11 is 2.77. The number of nitrogens with zero attached hydrogens (tertiary/aromatic N) is 4. The zero-order chi connectivity index (χ0) is 20.9. The predicted octanol–water partition coefficient (Wildman–Crippen LogP) is 5.54. The summed E-state index contributed by atoms with van der Waals surface area (Å²) in [5.41, 5.74) is 0.531. The average Bonchev–Trinajstić information content (AvgIpc) is 3.37. The Morgan fingerprint density at radius 3 is 2.77 bits per heavy atom. The van der Waals surface area contributed by atoms with Crippen LogP contribution in [0.4, 0.5) is 10.8 Å². The van der Waals surface area contributed by atoms with Crippen LogP contribution < -0.4 is 0 Å². The second-order valence-electron chi connectivity index (χ2n) is 6.98. The van der Waals surface area contributed by atoms with Gasteiger partial charge in [0.25, 0.3) is 11.6 Å². The first-order valence-corrected chi connectivity index (χ1v) is 11.4. The van der Waals surface area contributed by atoms with Gasteiger partial charge in [0.1, 0.15) is 0 Å². The van der Waals surface area contributed by atoms with Crippen molar-refractivity contribution in [2.75, 3.05) is 0 Å². The molecule has 1 amide bonds. The van der Waals surface area contributed by atoms with Gasteiger partial charge >= 0.3 is 0 Å². The zero-order valence-corrected chi connectivity index (χ0v) is 17.8. The molecule has 9 heteroatoms. The fourth-order valence-electron chi connectivity index (χ4n) is 3.63. The van der Waals surface area contributed by atoms with Crippen LogP contribution in [0.5, 0.6) is 0 Å². The number of amides is 1. The third-order valence-corrected chi connectivity index (χ3v) is 6.71. The lowest BCUT2D eigenvalue weighted by atomic mass is 9.94. The van der Waals surface area contributed by atoms with Gasteiger partial charge in [0.05, 0.1) is 15.4 Å². The van der Waals surface area contributed by atoms with Gasteiger partial charge in [0.2, 0.25) is 5.13 Å². The van der Waals surface area contributed by atoms with E-state index < -0.39 is 4.92 Å². The van der Waals surface area contributed by atoms with E-state index in [-0.39, 0.29) is 17.6 Å². The predicted molar refractivity (Wildman–Crippen MR) is 121 cm³/mol. The Kier molecular flexibility index (Phi) is 6.39. The summed E-state index contributed by atoms with van der Waals surface area (Å²) in [5.74, 6) is -0.0607. The number of para-hydroxylation sites is 1. The molecule has 30 heavy (non-hydrogen) atoms. The Balaban J connectivity index is 1.61. The molecule has 0 bridgehead atoms. The second kappa shape index (κ2) is 9.36. The standard InChI is InChI=1S/C21H20N4O3S2/c26-19-18(12-6-8-15-7-4-5-11-17(15)25(27)28)30-21(23-20-22-13-14-29-20)24(19)16-9-2-1-3-10-16/h4-8,11-14,16H,1-3,9-10H2/b8-6+,18-12-,23-21+. The van der Waals surface area contributed by atoms with Crippen LogP contribution in [-0.2, 0) is 4.79 Å². The average molecular weight is 441 g/mol. The number of aromatic nitrogens is 1. The SMILES string of the molecule is O=C1/C(=C/C=C/c2ccccc2[N+](=O)[O-])S/C(=N/c2nccs2)N1C1CCCCC1. The molecule has 1 saturated heterocycles. The van der Waals surface area contributed by atoms with E-state index in [1.54, 1.807) is 42.6 Å². The first kappa shape index (κ1) is 20.5. The molecule has 2 aromatic rings. The molecule has 0 atom stereocenters. The second-order valence-corrected chi connectivity index (χ2v) is 8.87. The number of hydrogen-bond acceptors (Lipinski definition) is 7. The molecule has 2 heterocycles. The van der Waals surface area contributed by atoms with Gasteiger partial charge in [-0.3, -0.25) is 19.8 Å². The molecule has 2 fully saturated rings. The van der Waals surface area contributed by atoms with Gasteiger partial charge in [-0.25, -0.2) is 4.98 Å². The highest BCUT2D eigenvalue weighted by molar-refractivity contribution is 8.18. The summed E-state index contributed by atoms with van der Waals surface area (Å²) in [5, 5.41) is 14.3. The van der Waals surface area contributed by atoms with E-state index >= 15 is 0 Å². The number of hydrogen-bond donors (Lipinski definition) is 0. The van der Waals surface area contributed by atoms with Crippen molar-refractivity contribution in [2.45, 2.75) is 38.1 Å². The largest absolute Gasteiger partial charge is 0.283 e. The molecule has 0 N–H and O–H groups in total. The minimum atomic E-state index is -0.411. The number of aliphatic imine (C=N–C) groups is 1. The Morgan fingerprint density at radius 1 is 1.23 bits per heavy atom. The highest BCUT2D eigenvalue weighted by Crippen LogP contribution is 2.38. The molecule has 1 aromatic heterocycles. The van der Waals surface area contributed by atoms with Crippen LogP contribution in [0.2, 0.25) is 0 Å². The molecule has 1 aliphatic heterocycles. The van der Waals surface area contributed by atoms with Gasteiger partial charge in [0.15, 0.2) is 5.17 Å². The van der Waals surface area contributed by atoms with Crippen molar-refractivity contribution >= 4 is 51.1 Å². The van der Waals surface area contributed by atoms with Crippen molar-refractivity contribution in [3.8, 4) is 0 Å². The van der Waals surface area contributed by atoms with Crippen LogP contribution in [0.1, 0.15) is 37.7 Å². The lowest BCUT2D eigenvalue weighted by Gasteiger charge is -2.30. The fourth-order valence-corrected chi connectivity index (χ4v) is 5.18. The van der Waals surface area contributed by atoms with Crippen LogP contribution in [0, 0.1) is 10.1 Å². The van der Waals surface area contributed by atoms with Crippen LogP contribution >= 0.6 is 23.1 Å². The fraction of sp³-hybridized carbons (Fsp3) is 0.286. The van der Waals surface area contributed by atoms with Crippen LogP contribution in [-0.4, -0.2) is 31.9 Å². The first-order valence-electron chi connectivity index (χ1n) is 9.75. The molecule has 0 radical (unpaired) electrons. The summed E-state index contributed by atoms with van der Waals surface area (Å²) in [6.07, 6.45) is 12.1. The molecule has 2 aliphatic rings. The maximum absolute atomic E-state index is 13.2. The van der Waals surface area contributed by atoms with Crippen molar-refractivity contribution in [1.82, 2.24) is 9.88 Å². The molecule has 0 unspecified atom stereocenters. The maximum Gasteiger partial charge on any atom is 0.276 e. The van der Waals surface area contributed by atoms with E-state index in [0.717, 1.165) is 25.7 Å². The van der Waals surface area contributed by atoms with E-state index in [0.29, 0.717) is 20.8 Å². The smallest absolute Gasteiger partial charge is 0.276 e. The van der Waals surface area contributed by atoms with Gasteiger partial charge in [0, 0.05) is 23.7 Å². The quantitative estimate of drug-likeness (QED) is 0.346. The van der Waals surface area contributed by atoms with Crippen LogP contribution in [0.15, 0.2) is 57.9 Å². The first-order chi connectivity index (χ1) is 14.6. The summed E-state index contributed by atoms with van der Waals surface area (Å²) in [6.45, 7) is 0. The minimum Gasteiger partial charge on any atom is -0.283 e. The number of carbonyl (C=O) groups excluding carboxylic acids is 1. The monoisotopic (exact) mass is 440 g/mol. The number of nitro groups is 1. The highest BCUT2D eigenvalue weighted by atomic mass is 32.2. The molecule has 154 valence electrons. The van der Waals surface area contributed by atoms with Crippen molar-refractivity contribution in [2.24, 2.45) is 4.99 Å².